The van der Waals surface area contributed by atoms with E-state index < -0.39 is 0 Å². The number of methoxy groups -OCH3 is 1. The van der Waals surface area contributed by atoms with Crippen LogP contribution < -0.4 is 5.73 Å². The van der Waals surface area contributed by atoms with Crippen molar-refractivity contribution >= 4 is 11.3 Å². The molecular weight excluding hydrogens is 242 g/mol. The van der Waals surface area contributed by atoms with Crippen LogP contribution in [0.15, 0.2) is 16.8 Å². The van der Waals surface area contributed by atoms with Crippen LogP contribution in [0.1, 0.15) is 44.6 Å². The van der Waals surface area contributed by atoms with E-state index in [1.807, 2.05) is 7.11 Å². The molecule has 2 N–H and O–H groups in total. The van der Waals surface area contributed by atoms with Crippen LogP contribution in [-0.2, 0) is 11.2 Å². The second-order valence-corrected chi connectivity index (χ2v) is 6.51. The van der Waals surface area contributed by atoms with Crippen LogP contribution in [0.2, 0.25) is 0 Å². The van der Waals surface area contributed by atoms with Crippen molar-refractivity contribution in [1.29, 1.82) is 0 Å². The Hall–Kier alpha value is -0.380. The smallest absolute Gasteiger partial charge is 0.0829 e. The fourth-order valence-corrected chi connectivity index (χ4v) is 3.70. The van der Waals surface area contributed by atoms with Crippen molar-refractivity contribution in [2.45, 2.75) is 57.1 Å². The summed E-state index contributed by atoms with van der Waals surface area (Å²) in [5.41, 5.74) is 7.78. The zero-order chi connectivity index (χ0) is 13.0. The monoisotopic (exact) mass is 267 g/mol. The summed E-state index contributed by atoms with van der Waals surface area (Å²) in [6.07, 6.45) is 6.84. The van der Waals surface area contributed by atoms with Crippen molar-refractivity contribution in [3.8, 4) is 0 Å². The third-order valence-electron chi connectivity index (χ3n) is 4.53. The third-order valence-corrected chi connectivity index (χ3v) is 5.26. The SMILES string of the molecule is COC1(C(N)CCc2ccsc2)CCC(C)CC1. The van der Waals surface area contributed by atoms with Gasteiger partial charge in [-0.3, -0.25) is 0 Å². The van der Waals surface area contributed by atoms with Gasteiger partial charge in [0.05, 0.1) is 5.60 Å². The molecule has 0 spiro atoms. The van der Waals surface area contributed by atoms with Crippen molar-refractivity contribution in [3.05, 3.63) is 22.4 Å². The second kappa shape index (κ2) is 6.18. The van der Waals surface area contributed by atoms with Crippen LogP contribution in [0.5, 0.6) is 0 Å². The molecule has 18 heavy (non-hydrogen) atoms. The average molecular weight is 267 g/mol. The highest BCUT2D eigenvalue weighted by molar-refractivity contribution is 7.07. The summed E-state index contributed by atoms with van der Waals surface area (Å²) in [6, 6.07) is 2.36. The van der Waals surface area contributed by atoms with Gasteiger partial charge in [-0.15, -0.1) is 0 Å². The Morgan fingerprint density at radius 1 is 1.50 bits per heavy atom. The molecule has 1 atom stereocenters. The molecule has 0 bridgehead atoms. The third kappa shape index (κ3) is 3.14. The van der Waals surface area contributed by atoms with Crippen molar-refractivity contribution in [1.82, 2.24) is 0 Å². The summed E-state index contributed by atoms with van der Waals surface area (Å²) in [7, 11) is 1.83. The van der Waals surface area contributed by atoms with Gasteiger partial charge < -0.3 is 10.5 Å². The molecule has 1 heterocycles. The number of ether oxygens (including phenoxy) is 1. The Balaban J connectivity index is 1.90. The largest absolute Gasteiger partial charge is 0.377 e. The van der Waals surface area contributed by atoms with E-state index in [1.165, 1.54) is 18.4 Å². The van der Waals surface area contributed by atoms with Gasteiger partial charge in [0, 0.05) is 13.2 Å². The standard InChI is InChI=1S/C15H25NOS/c1-12-5-8-15(17-2,9-6-12)14(16)4-3-13-7-10-18-11-13/h7,10-12,14H,3-6,8-9,16H2,1-2H3. The molecule has 3 heteroatoms. The van der Waals surface area contributed by atoms with Gasteiger partial charge in [0.25, 0.3) is 0 Å². The van der Waals surface area contributed by atoms with Gasteiger partial charge in [-0.1, -0.05) is 6.92 Å². The zero-order valence-corrected chi connectivity index (χ0v) is 12.3. The van der Waals surface area contributed by atoms with Crippen LogP contribution in [-0.4, -0.2) is 18.8 Å². The number of nitrogens with two attached hydrogens (primary N) is 1. The van der Waals surface area contributed by atoms with Gasteiger partial charge in [0.15, 0.2) is 0 Å². The van der Waals surface area contributed by atoms with E-state index in [2.05, 4.69) is 23.8 Å². The van der Waals surface area contributed by atoms with E-state index in [9.17, 15) is 0 Å². The van der Waals surface area contributed by atoms with Gasteiger partial charge >= 0.3 is 0 Å². The minimum absolute atomic E-state index is 0.0669. The predicted molar refractivity (Wildman–Crippen MR) is 78.0 cm³/mol. The number of rotatable bonds is 5. The molecule has 0 radical (unpaired) electrons. The van der Waals surface area contributed by atoms with Gasteiger partial charge in [0.2, 0.25) is 0 Å². The molecule has 1 saturated carbocycles. The molecule has 102 valence electrons. The van der Waals surface area contributed by atoms with Crippen LogP contribution in [0.25, 0.3) is 0 Å². The Labute approximate surface area is 115 Å². The lowest BCUT2D eigenvalue weighted by atomic mass is 9.74. The summed E-state index contributed by atoms with van der Waals surface area (Å²) >= 11 is 1.76. The number of hydrogen-bond donors (Lipinski definition) is 1. The van der Waals surface area contributed by atoms with Crippen LogP contribution in [0.3, 0.4) is 0 Å². The van der Waals surface area contributed by atoms with Gasteiger partial charge in [-0.2, -0.15) is 11.3 Å². The maximum Gasteiger partial charge on any atom is 0.0829 e. The maximum absolute atomic E-state index is 6.43. The van der Waals surface area contributed by atoms with Gasteiger partial charge in [-0.05, 0) is 66.8 Å². The Morgan fingerprint density at radius 2 is 2.22 bits per heavy atom. The molecule has 1 aliphatic carbocycles. The van der Waals surface area contributed by atoms with E-state index in [0.29, 0.717) is 0 Å². The van der Waals surface area contributed by atoms with E-state index in [0.717, 1.165) is 31.6 Å². The molecule has 0 saturated heterocycles. The quantitative estimate of drug-likeness (QED) is 0.884. The highest BCUT2D eigenvalue weighted by Gasteiger charge is 2.39. The topological polar surface area (TPSA) is 35.2 Å². The van der Waals surface area contributed by atoms with Crippen molar-refractivity contribution in [2.75, 3.05) is 7.11 Å². The predicted octanol–water partition coefficient (Wildman–Crippen LogP) is 3.60. The molecule has 1 unspecified atom stereocenters. The van der Waals surface area contributed by atoms with Gasteiger partial charge in [0.1, 0.15) is 0 Å². The summed E-state index contributed by atoms with van der Waals surface area (Å²) in [5.74, 6) is 0.831. The van der Waals surface area contributed by atoms with Crippen molar-refractivity contribution in [2.24, 2.45) is 11.7 Å². The minimum atomic E-state index is -0.0669. The first-order valence-corrected chi connectivity index (χ1v) is 7.92. The second-order valence-electron chi connectivity index (χ2n) is 5.73. The molecule has 0 aromatic carbocycles. The van der Waals surface area contributed by atoms with Crippen LogP contribution >= 0.6 is 11.3 Å². The van der Waals surface area contributed by atoms with Crippen LogP contribution in [0.4, 0.5) is 0 Å². The molecule has 2 rings (SSSR count). The lowest BCUT2D eigenvalue weighted by Gasteiger charge is -2.42. The number of thiophene rings is 1. The van der Waals surface area contributed by atoms with E-state index >= 15 is 0 Å². The normalized spacial score (nSPS) is 30.3. The fourth-order valence-electron chi connectivity index (χ4n) is 3.00. The number of hydrogen-bond acceptors (Lipinski definition) is 3. The zero-order valence-electron chi connectivity index (χ0n) is 11.5. The molecule has 1 aromatic heterocycles. The highest BCUT2D eigenvalue weighted by atomic mass is 32.1. The Morgan fingerprint density at radius 3 is 2.78 bits per heavy atom. The summed E-state index contributed by atoms with van der Waals surface area (Å²) in [4.78, 5) is 0. The minimum Gasteiger partial charge on any atom is -0.377 e. The van der Waals surface area contributed by atoms with E-state index in [-0.39, 0.29) is 11.6 Å². The highest BCUT2D eigenvalue weighted by Crippen LogP contribution is 2.37. The van der Waals surface area contributed by atoms with E-state index in [1.54, 1.807) is 11.3 Å². The van der Waals surface area contributed by atoms with Gasteiger partial charge in [-0.25, -0.2) is 0 Å². The Kier molecular flexibility index (Phi) is 4.82. The van der Waals surface area contributed by atoms with Crippen molar-refractivity contribution in [3.63, 3.8) is 0 Å². The summed E-state index contributed by atoms with van der Waals surface area (Å²) in [5, 5.41) is 4.35. The Bertz CT molecular complexity index is 341. The van der Waals surface area contributed by atoms with Crippen molar-refractivity contribution < 1.29 is 4.74 Å². The molecule has 1 aliphatic rings. The summed E-state index contributed by atoms with van der Waals surface area (Å²) < 4.78 is 5.84. The van der Waals surface area contributed by atoms with E-state index in [4.69, 9.17) is 10.5 Å². The summed E-state index contributed by atoms with van der Waals surface area (Å²) in [6.45, 7) is 2.33. The molecule has 2 nitrogen and oxygen atoms in total. The average Bonchev–Trinajstić information content (AvgIpc) is 2.90. The first-order valence-electron chi connectivity index (χ1n) is 6.98. The lowest BCUT2D eigenvalue weighted by Crippen LogP contribution is -2.51. The molecule has 1 aromatic rings. The fraction of sp³-hybridized carbons (Fsp3) is 0.733. The van der Waals surface area contributed by atoms with Crippen LogP contribution in [0, 0.1) is 5.92 Å². The first kappa shape index (κ1) is 14.0. The lowest BCUT2D eigenvalue weighted by molar-refractivity contribution is -0.0675. The molecule has 1 fully saturated rings. The molecule has 0 amide bonds. The molecular formula is C15H25NOS. The molecule has 0 aliphatic heterocycles. The maximum atomic E-state index is 6.43. The number of aryl methyl sites for hydroxylation is 1. The first-order chi connectivity index (χ1) is 8.66.